The number of rotatable bonds is 10. The molecule has 1 N–H and O–H groups in total. The van der Waals surface area contributed by atoms with Crippen LogP contribution in [0.25, 0.3) is 0 Å². The summed E-state index contributed by atoms with van der Waals surface area (Å²) in [6.45, 7) is 8.70. The molecule has 0 rings (SSSR count). The minimum absolute atomic E-state index is 0. The van der Waals surface area contributed by atoms with Crippen LogP contribution in [-0.4, -0.2) is 53.3 Å². The van der Waals surface area contributed by atoms with E-state index in [2.05, 4.69) is 6.58 Å². The number of hydrogen-bond donors (Lipinski definition) is 1. The normalized spacial score (nSPS) is 14.8. The Kier molecular flexibility index (Phi) is 13.5. The van der Waals surface area contributed by atoms with Crippen LogP contribution in [0.1, 0.15) is 46.5 Å². The van der Waals surface area contributed by atoms with Crippen LogP contribution >= 0.6 is 7.82 Å². The van der Waals surface area contributed by atoms with Gasteiger partial charge in [-0.25, -0.2) is 13.9 Å². The number of ether oxygens (including phenoxy) is 1. The Morgan fingerprint density at radius 1 is 1.35 bits per heavy atom. The number of carbonyl (C=O) groups excluding carboxylic acids is 1. The molecule has 20 heavy (non-hydrogen) atoms. The summed E-state index contributed by atoms with van der Waals surface area (Å²) in [6, 6.07) is 0. The standard InChI is InChI=1S/C12H23O6P.Na.H/c1-5-7-8-9-16-19(14,15)18-11(6-2)17-12(13)10(3)4;;/h11H,3,5-9H2,1-2,4H3,(H,14,15);;. The molecule has 0 aliphatic carbocycles. The molecule has 0 saturated carbocycles. The maximum absolute atomic E-state index is 11.6. The van der Waals surface area contributed by atoms with Crippen LogP contribution in [0.2, 0.25) is 0 Å². The van der Waals surface area contributed by atoms with Gasteiger partial charge in [0.1, 0.15) is 0 Å². The van der Waals surface area contributed by atoms with Gasteiger partial charge in [-0.05, 0) is 13.3 Å². The summed E-state index contributed by atoms with van der Waals surface area (Å²) in [4.78, 5) is 20.7. The topological polar surface area (TPSA) is 82.1 Å². The van der Waals surface area contributed by atoms with Crippen molar-refractivity contribution < 1.29 is 28.0 Å². The third-order valence-electron chi connectivity index (χ3n) is 2.17. The summed E-state index contributed by atoms with van der Waals surface area (Å²) in [7, 11) is -4.20. The van der Waals surface area contributed by atoms with E-state index in [0.29, 0.717) is 6.42 Å². The fourth-order valence-corrected chi connectivity index (χ4v) is 2.02. The third-order valence-corrected chi connectivity index (χ3v) is 3.18. The molecule has 0 amide bonds. The predicted octanol–water partition coefficient (Wildman–Crippen LogP) is 2.52. The van der Waals surface area contributed by atoms with Crippen LogP contribution in [0.5, 0.6) is 0 Å². The van der Waals surface area contributed by atoms with E-state index < -0.39 is 20.1 Å². The Labute approximate surface area is 142 Å². The van der Waals surface area contributed by atoms with Crippen LogP contribution in [0.15, 0.2) is 12.2 Å². The summed E-state index contributed by atoms with van der Waals surface area (Å²) in [5.41, 5.74) is 0.193. The molecule has 2 unspecified atom stereocenters. The first-order valence-electron chi connectivity index (χ1n) is 6.34. The van der Waals surface area contributed by atoms with E-state index >= 15 is 0 Å². The Hall–Kier alpha value is 0.320. The van der Waals surface area contributed by atoms with Crippen LogP contribution in [0, 0.1) is 0 Å². The molecular weight excluding hydrogens is 294 g/mol. The fraction of sp³-hybridized carbons (Fsp3) is 0.750. The van der Waals surface area contributed by atoms with Crippen molar-refractivity contribution >= 4 is 43.3 Å². The minimum atomic E-state index is -4.20. The molecular formula is C12H24NaO6P. The predicted molar refractivity (Wildman–Crippen MR) is 78.5 cm³/mol. The molecule has 0 aromatic heterocycles. The van der Waals surface area contributed by atoms with Gasteiger partial charge in [-0.2, -0.15) is 0 Å². The van der Waals surface area contributed by atoms with Gasteiger partial charge in [0.2, 0.25) is 6.29 Å². The van der Waals surface area contributed by atoms with Gasteiger partial charge in [0.15, 0.2) is 0 Å². The van der Waals surface area contributed by atoms with E-state index in [1.165, 1.54) is 6.92 Å². The molecule has 2 atom stereocenters. The van der Waals surface area contributed by atoms with Crippen LogP contribution in [-0.2, 0) is 23.1 Å². The first kappa shape index (κ1) is 22.6. The van der Waals surface area contributed by atoms with Crippen LogP contribution in [0.3, 0.4) is 0 Å². The molecule has 8 heteroatoms. The molecule has 0 radical (unpaired) electrons. The van der Waals surface area contributed by atoms with Crippen molar-refractivity contribution in [1.29, 1.82) is 0 Å². The second-order valence-electron chi connectivity index (χ2n) is 4.14. The van der Waals surface area contributed by atoms with Gasteiger partial charge in [-0.3, -0.25) is 4.52 Å². The van der Waals surface area contributed by atoms with Crippen molar-refractivity contribution in [2.75, 3.05) is 6.61 Å². The summed E-state index contributed by atoms with van der Waals surface area (Å²) in [5.74, 6) is -0.669. The quantitative estimate of drug-likeness (QED) is 0.166. The van der Waals surface area contributed by atoms with Crippen molar-refractivity contribution in [2.45, 2.75) is 52.7 Å². The van der Waals surface area contributed by atoms with Crippen molar-refractivity contribution in [3.8, 4) is 0 Å². The number of phosphoric ester groups is 1. The average molecular weight is 318 g/mol. The maximum atomic E-state index is 11.6. The molecule has 0 aromatic rings. The Bertz CT molecular complexity index is 347. The zero-order valence-corrected chi connectivity index (χ0v) is 12.7. The van der Waals surface area contributed by atoms with Gasteiger partial charge in [-0.1, -0.05) is 33.3 Å². The van der Waals surface area contributed by atoms with Crippen LogP contribution < -0.4 is 0 Å². The van der Waals surface area contributed by atoms with Crippen molar-refractivity contribution in [3.63, 3.8) is 0 Å². The molecule has 0 bridgehead atoms. The van der Waals surface area contributed by atoms with E-state index in [1.54, 1.807) is 6.92 Å². The zero-order valence-electron chi connectivity index (χ0n) is 11.8. The van der Waals surface area contributed by atoms with E-state index in [0.717, 1.165) is 12.8 Å². The Balaban J connectivity index is 0. The number of unbranched alkanes of at least 4 members (excludes halogenated alkanes) is 2. The number of phosphoric acid groups is 1. The summed E-state index contributed by atoms with van der Waals surface area (Å²) in [6.07, 6.45) is 1.68. The second kappa shape index (κ2) is 11.9. The zero-order chi connectivity index (χ0) is 14.9. The molecule has 0 fully saturated rings. The molecule has 114 valence electrons. The van der Waals surface area contributed by atoms with Gasteiger partial charge in [-0.15, -0.1) is 0 Å². The summed E-state index contributed by atoms with van der Waals surface area (Å²) in [5, 5.41) is 0. The third kappa shape index (κ3) is 11.0. The van der Waals surface area contributed by atoms with Gasteiger partial charge in [0.05, 0.1) is 6.61 Å². The fourth-order valence-electron chi connectivity index (χ4n) is 1.11. The van der Waals surface area contributed by atoms with Crippen molar-refractivity contribution in [3.05, 3.63) is 12.2 Å². The average Bonchev–Trinajstić information content (AvgIpc) is 2.33. The summed E-state index contributed by atoms with van der Waals surface area (Å²) < 4.78 is 26.0. The molecule has 0 spiro atoms. The van der Waals surface area contributed by atoms with Crippen molar-refractivity contribution in [2.24, 2.45) is 0 Å². The molecule has 0 heterocycles. The molecule has 0 aliphatic rings. The Morgan fingerprint density at radius 2 is 1.95 bits per heavy atom. The van der Waals surface area contributed by atoms with E-state index in [4.69, 9.17) is 13.8 Å². The van der Waals surface area contributed by atoms with Gasteiger partial charge < -0.3 is 9.63 Å². The van der Waals surface area contributed by atoms with Gasteiger partial charge in [0.25, 0.3) is 0 Å². The molecule has 6 nitrogen and oxygen atoms in total. The first-order valence-corrected chi connectivity index (χ1v) is 7.84. The summed E-state index contributed by atoms with van der Waals surface area (Å²) >= 11 is 0. The monoisotopic (exact) mass is 318 g/mol. The molecule has 0 aliphatic heterocycles. The number of hydrogen-bond acceptors (Lipinski definition) is 5. The van der Waals surface area contributed by atoms with Crippen LogP contribution in [0.4, 0.5) is 0 Å². The van der Waals surface area contributed by atoms with E-state index in [-0.39, 0.29) is 48.2 Å². The number of esters is 1. The van der Waals surface area contributed by atoms with E-state index in [9.17, 15) is 14.3 Å². The molecule has 0 saturated heterocycles. The SMILES string of the molecule is C=C(C)C(=O)OC(CC)OP(=O)(O)OCCCCC.[NaH]. The van der Waals surface area contributed by atoms with E-state index in [1.807, 2.05) is 6.92 Å². The van der Waals surface area contributed by atoms with Gasteiger partial charge >= 0.3 is 43.3 Å². The second-order valence-corrected chi connectivity index (χ2v) is 5.54. The first-order chi connectivity index (χ1) is 8.82. The van der Waals surface area contributed by atoms with Gasteiger partial charge in [0, 0.05) is 12.0 Å². The molecule has 0 aromatic carbocycles. The van der Waals surface area contributed by atoms with Crippen molar-refractivity contribution in [1.82, 2.24) is 0 Å². The Morgan fingerprint density at radius 3 is 2.40 bits per heavy atom. The number of carbonyl (C=O) groups is 1.